The summed E-state index contributed by atoms with van der Waals surface area (Å²) in [5, 5.41) is 36.5. The van der Waals surface area contributed by atoms with Crippen LogP contribution in [-0.2, 0) is 35.2 Å². The summed E-state index contributed by atoms with van der Waals surface area (Å²) in [4.78, 5) is 102. The number of rotatable bonds is 16. The van der Waals surface area contributed by atoms with Crippen LogP contribution in [0.15, 0.2) is 60.7 Å². The number of aryl methyl sites for hydroxylation is 1. The highest BCUT2D eigenvalue weighted by Crippen LogP contribution is 2.25. The van der Waals surface area contributed by atoms with Crippen LogP contribution in [0.1, 0.15) is 113 Å². The number of hydrogen-bond acceptors (Lipinski definition) is 12. The number of hydrogen-bond donors (Lipinski definition) is 9. The van der Waals surface area contributed by atoms with Gasteiger partial charge in [0.25, 0.3) is 5.91 Å². The fourth-order valence-electron chi connectivity index (χ4n) is 9.54. The van der Waals surface area contributed by atoms with Gasteiger partial charge in [-0.3, -0.25) is 33.6 Å². The van der Waals surface area contributed by atoms with Crippen molar-refractivity contribution in [2.24, 2.45) is 11.5 Å². The van der Waals surface area contributed by atoms with E-state index in [4.69, 9.17) is 16.2 Å². The molecule has 0 spiro atoms. The van der Waals surface area contributed by atoms with Crippen molar-refractivity contribution < 1.29 is 48.5 Å². The molecule has 8 atom stereocenters. The molecule has 7 amide bonds. The van der Waals surface area contributed by atoms with Crippen LogP contribution >= 0.6 is 0 Å². The van der Waals surface area contributed by atoms with Gasteiger partial charge in [0.05, 0.1) is 12.7 Å². The Morgan fingerprint density at radius 1 is 0.789 bits per heavy atom. The van der Waals surface area contributed by atoms with E-state index in [1.807, 2.05) is 18.2 Å². The second kappa shape index (κ2) is 26.2. The largest absolute Gasteiger partial charge is 0.508 e. The van der Waals surface area contributed by atoms with Crippen LogP contribution in [0.5, 0.6) is 11.5 Å². The molecule has 3 saturated heterocycles. The number of aromatic hydroxyl groups is 1. The van der Waals surface area contributed by atoms with Crippen molar-refractivity contribution in [1.82, 2.24) is 36.4 Å². The molecule has 0 aliphatic carbocycles. The number of aliphatic hydroxyl groups excluding tert-OH is 1. The molecule has 0 bridgehead atoms. The zero-order valence-corrected chi connectivity index (χ0v) is 41.0. The fraction of sp³-hybridized carbons (Fsp3) is 0.558. The number of carbonyl (C=O) groups excluding carboxylic acids is 7. The molecule has 3 aromatic rings. The summed E-state index contributed by atoms with van der Waals surface area (Å²) >= 11 is 0. The van der Waals surface area contributed by atoms with Crippen LogP contribution in [0.2, 0.25) is 0 Å². The Labute approximate surface area is 415 Å². The van der Waals surface area contributed by atoms with Crippen molar-refractivity contribution in [2.45, 2.75) is 152 Å². The maximum atomic E-state index is 14.4. The van der Waals surface area contributed by atoms with E-state index in [9.17, 15) is 43.8 Å². The van der Waals surface area contributed by atoms with Gasteiger partial charge < -0.3 is 62.8 Å². The highest BCUT2D eigenvalue weighted by molar-refractivity contribution is 6.02. The minimum Gasteiger partial charge on any atom is -0.508 e. The summed E-state index contributed by atoms with van der Waals surface area (Å²) in [5.74, 6) is -3.69. The maximum Gasteiger partial charge on any atom is 0.251 e. The Kier molecular flexibility index (Phi) is 20.0. The molecule has 3 aliphatic rings. The average molecular weight is 984 g/mol. The van der Waals surface area contributed by atoms with Gasteiger partial charge in [-0.2, -0.15) is 0 Å². The molecule has 3 fully saturated rings. The smallest absolute Gasteiger partial charge is 0.251 e. The second-order valence-corrected chi connectivity index (χ2v) is 19.1. The third-order valence-corrected chi connectivity index (χ3v) is 13.6. The third kappa shape index (κ3) is 14.9. The zero-order valence-electron chi connectivity index (χ0n) is 41.0. The van der Waals surface area contributed by atoms with E-state index in [2.05, 4.69) is 33.5 Å². The number of nitrogens with zero attached hydrogens (tertiary/aromatic N) is 2. The molecule has 19 heteroatoms. The van der Waals surface area contributed by atoms with E-state index in [1.54, 1.807) is 30.3 Å². The molecule has 71 heavy (non-hydrogen) atoms. The van der Waals surface area contributed by atoms with Gasteiger partial charge >= 0.3 is 0 Å². The van der Waals surface area contributed by atoms with Crippen LogP contribution in [0, 0.1) is 0 Å². The summed E-state index contributed by atoms with van der Waals surface area (Å²) in [6.45, 7) is 4.51. The molecular formula is C52H73N9O10. The van der Waals surface area contributed by atoms with Crippen molar-refractivity contribution in [3.8, 4) is 11.5 Å². The Balaban J connectivity index is 1.26. The summed E-state index contributed by atoms with van der Waals surface area (Å²) in [6.07, 6.45) is 5.92. The Morgan fingerprint density at radius 3 is 2.27 bits per heavy atom. The normalized spacial score (nSPS) is 24.5. The van der Waals surface area contributed by atoms with Crippen molar-refractivity contribution in [1.29, 1.82) is 0 Å². The number of ether oxygens (including phenoxy) is 1. The molecule has 386 valence electrons. The SMILES string of the molecule is CCCCCCCOc1ccc2cc(C(=O)N[C@H]3CCCNC(=O)[C@@H]4CC(N)CN4C(=O)[C@H](CCCN)NC(=O)[C@H](CCc4ccc(O)cc4)NC(=O)[C@@H]4CCCN4C(=O)[C@H](C(C)O)NC3=O)ccc2c1. The molecular weight excluding hydrogens is 911 g/mol. The highest BCUT2D eigenvalue weighted by atomic mass is 16.5. The lowest BCUT2D eigenvalue weighted by molar-refractivity contribution is -0.144. The number of phenols is 1. The van der Waals surface area contributed by atoms with Crippen LogP contribution in [0.25, 0.3) is 10.8 Å². The number of benzene rings is 3. The average Bonchev–Trinajstić information content (AvgIpc) is 4.02. The number of carbonyl (C=O) groups is 7. The monoisotopic (exact) mass is 984 g/mol. The lowest BCUT2D eigenvalue weighted by atomic mass is 10.0. The van der Waals surface area contributed by atoms with E-state index in [0.29, 0.717) is 19.4 Å². The molecule has 3 heterocycles. The van der Waals surface area contributed by atoms with E-state index in [1.165, 1.54) is 48.1 Å². The number of fused-ring (bicyclic) bond motifs is 3. The van der Waals surface area contributed by atoms with Crippen LogP contribution in [-0.4, -0.2) is 143 Å². The van der Waals surface area contributed by atoms with Gasteiger partial charge in [-0.05, 0) is 130 Å². The molecule has 3 aliphatic heterocycles. The number of unbranched alkanes of at least 4 members (excludes halogenated alkanes) is 4. The van der Waals surface area contributed by atoms with Crippen LogP contribution in [0.3, 0.4) is 0 Å². The van der Waals surface area contributed by atoms with Gasteiger partial charge in [0.15, 0.2) is 0 Å². The molecule has 0 aromatic heterocycles. The molecule has 11 N–H and O–H groups in total. The first kappa shape index (κ1) is 54.0. The molecule has 3 aromatic carbocycles. The Hall–Kier alpha value is -6.31. The standard InChI is InChI=1S/C52H73N9O10/c1-3-4-5-6-7-27-71-39-22-19-34-28-36(18-17-35(34)29-39)46(64)56-40-12-9-25-55-49(67)44-30-37(54)31-61(44)51(69)42(11-8-24-53)58-47(65)41(23-16-33-14-20-38(63)21-15-33)57-50(68)43-13-10-26-60(43)52(70)45(32(2)62)59-48(40)66/h14-15,17-22,28-29,32,37,40-45,62-63H,3-13,16,23-27,30-31,53-54H2,1-2H3,(H,55,67)(H,56,64)(H,57,68)(H,58,65)(H,59,66)/t32?,37?,40-,41-,42-,43-,44-,45-/m0/s1. The number of nitrogens with one attached hydrogen (secondary N) is 5. The lowest BCUT2D eigenvalue weighted by Crippen LogP contribution is -2.61. The Morgan fingerprint density at radius 2 is 1.52 bits per heavy atom. The van der Waals surface area contributed by atoms with E-state index in [-0.39, 0.29) is 82.4 Å². The van der Waals surface area contributed by atoms with E-state index in [0.717, 1.165) is 34.9 Å². The zero-order chi connectivity index (χ0) is 51.0. The van der Waals surface area contributed by atoms with Gasteiger partial charge in [-0.15, -0.1) is 0 Å². The first-order valence-corrected chi connectivity index (χ1v) is 25.4. The van der Waals surface area contributed by atoms with Crippen molar-refractivity contribution in [2.75, 3.05) is 32.8 Å². The number of phenolic OH excluding ortho intramolecular Hbond substituents is 1. The van der Waals surface area contributed by atoms with Gasteiger partial charge in [0.2, 0.25) is 35.4 Å². The second-order valence-electron chi connectivity index (χ2n) is 19.1. The predicted molar refractivity (Wildman–Crippen MR) is 267 cm³/mol. The van der Waals surface area contributed by atoms with E-state index >= 15 is 0 Å². The highest BCUT2D eigenvalue weighted by Gasteiger charge is 2.43. The summed E-state index contributed by atoms with van der Waals surface area (Å²) in [5.41, 5.74) is 13.2. The molecule has 2 unspecified atom stereocenters. The van der Waals surface area contributed by atoms with E-state index < -0.39 is 89.7 Å². The maximum absolute atomic E-state index is 14.4. The van der Waals surface area contributed by atoms with Gasteiger partial charge in [0.1, 0.15) is 47.8 Å². The lowest BCUT2D eigenvalue weighted by Gasteiger charge is -2.32. The van der Waals surface area contributed by atoms with Gasteiger partial charge in [-0.1, -0.05) is 56.9 Å². The first-order chi connectivity index (χ1) is 34.2. The minimum atomic E-state index is -1.53. The summed E-state index contributed by atoms with van der Waals surface area (Å²) in [7, 11) is 0. The summed E-state index contributed by atoms with van der Waals surface area (Å²) < 4.78 is 5.98. The first-order valence-electron chi connectivity index (χ1n) is 25.4. The van der Waals surface area contributed by atoms with Gasteiger partial charge in [-0.25, -0.2) is 0 Å². The minimum absolute atomic E-state index is 0.00834. The molecule has 6 rings (SSSR count). The van der Waals surface area contributed by atoms with Gasteiger partial charge in [0, 0.05) is 31.2 Å². The molecule has 0 radical (unpaired) electrons. The molecule has 0 saturated carbocycles. The van der Waals surface area contributed by atoms with Crippen molar-refractivity contribution in [3.63, 3.8) is 0 Å². The topological polar surface area (TPSA) is 288 Å². The third-order valence-electron chi connectivity index (χ3n) is 13.6. The quantitative estimate of drug-likeness (QED) is 0.0933. The number of nitrogens with two attached hydrogens (primary N) is 2. The van der Waals surface area contributed by atoms with Crippen molar-refractivity contribution in [3.05, 3.63) is 71.8 Å². The summed E-state index contributed by atoms with van der Waals surface area (Å²) in [6, 6.07) is 9.39. The van der Waals surface area contributed by atoms with Crippen LogP contribution < -0.4 is 42.8 Å². The Bertz CT molecular complexity index is 2330. The fourth-order valence-corrected chi connectivity index (χ4v) is 9.54. The predicted octanol–water partition coefficient (Wildman–Crippen LogP) is 2.03. The number of amides is 7. The van der Waals surface area contributed by atoms with Crippen LogP contribution in [0.4, 0.5) is 0 Å². The number of aliphatic hydroxyl groups is 1. The molecule has 19 nitrogen and oxygen atoms in total. The van der Waals surface area contributed by atoms with Crippen molar-refractivity contribution >= 4 is 52.1 Å².